The molecule has 1 aromatic heterocycles. The molecule has 3 heteroatoms. The molecular formula is C16H28N2S. The number of rotatable bonds is 3. The van der Waals surface area contributed by atoms with Crippen LogP contribution in [0.4, 0.5) is 0 Å². The zero-order chi connectivity index (χ0) is 14.0. The van der Waals surface area contributed by atoms with Crippen molar-refractivity contribution in [3.63, 3.8) is 0 Å². The van der Waals surface area contributed by atoms with Crippen LogP contribution in [0.15, 0.2) is 0 Å². The van der Waals surface area contributed by atoms with Crippen molar-refractivity contribution in [3.8, 4) is 0 Å². The van der Waals surface area contributed by atoms with Crippen LogP contribution in [-0.4, -0.2) is 11.0 Å². The molecule has 1 aliphatic carbocycles. The summed E-state index contributed by atoms with van der Waals surface area (Å²) >= 11 is 1.90. The van der Waals surface area contributed by atoms with Crippen molar-refractivity contribution in [1.29, 1.82) is 0 Å². The zero-order valence-electron chi connectivity index (χ0n) is 13.0. The Hall–Kier alpha value is -0.410. The van der Waals surface area contributed by atoms with Gasteiger partial charge in [-0.25, -0.2) is 4.98 Å². The maximum absolute atomic E-state index is 4.88. The molecule has 19 heavy (non-hydrogen) atoms. The van der Waals surface area contributed by atoms with Gasteiger partial charge in [-0.15, -0.1) is 11.3 Å². The van der Waals surface area contributed by atoms with Crippen molar-refractivity contribution >= 4 is 11.3 Å². The minimum atomic E-state index is 0.128. The van der Waals surface area contributed by atoms with E-state index in [-0.39, 0.29) is 5.54 Å². The summed E-state index contributed by atoms with van der Waals surface area (Å²) in [5.41, 5.74) is 1.34. The van der Waals surface area contributed by atoms with Crippen molar-refractivity contribution in [1.82, 2.24) is 10.3 Å². The van der Waals surface area contributed by atoms with Gasteiger partial charge in [0.05, 0.1) is 11.2 Å². The molecule has 1 fully saturated rings. The number of aromatic nitrogens is 1. The van der Waals surface area contributed by atoms with Crippen molar-refractivity contribution in [2.45, 2.75) is 78.3 Å². The summed E-state index contributed by atoms with van der Waals surface area (Å²) in [6.07, 6.45) is 6.47. The van der Waals surface area contributed by atoms with Crippen LogP contribution in [0.5, 0.6) is 0 Å². The Bertz CT molecular complexity index is 405. The molecule has 0 saturated heterocycles. The first-order valence-corrected chi connectivity index (χ1v) is 8.47. The Morgan fingerprint density at radius 2 is 2.00 bits per heavy atom. The van der Waals surface area contributed by atoms with E-state index in [1.54, 1.807) is 0 Å². The third kappa shape index (κ3) is 3.38. The Balaban J connectivity index is 2.33. The van der Waals surface area contributed by atoms with E-state index >= 15 is 0 Å². The van der Waals surface area contributed by atoms with Crippen LogP contribution in [0, 0.1) is 19.8 Å². The summed E-state index contributed by atoms with van der Waals surface area (Å²) in [6, 6.07) is 0.512. The number of hydrogen-bond donors (Lipinski definition) is 1. The van der Waals surface area contributed by atoms with E-state index in [2.05, 4.69) is 39.9 Å². The fourth-order valence-electron chi connectivity index (χ4n) is 3.16. The third-order valence-corrected chi connectivity index (χ3v) is 5.64. The Morgan fingerprint density at radius 1 is 1.26 bits per heavy atom. The first-order valence-electron chi connectivity index (χ1n) is 7.65. The van der Waals surface area contributed by atoms with Crippen LogP contribution in [0.3, 0.4) is 0 Å². The highest BCUT2D eigenvalue weighted by molar-refractivity contribution is 7.11. The average molecular weight is 280 g/mol. The monoisotopic (exact) mass is 280 g/mol. The topological polar surface area (TPSA) is 24.9 Å². The maximum atomic E-state index is 4.88. The first-order chi connectivity index (χ1) is 8.93. The van der Waals surface area contributed by atoms with Gasteiger partial charge < -0.3 is 5.32 Å². The van der Waals surface area contributed by atoms with Crippen LogP contribution in [-0.2, 0) is 5.54 Å². The van der Waals surface area contributed by atoms with E-state index in [1.165, 1.54) is 47.7 Å². The van der Waals surface area contributed by atoms with Gasteiger partial charge in [0.15, 0.2) is 0 Å². The van der Waals surface area contributed by atoms with E-state index in [0.29, 0.717) is 6.04 Å². The van der Waals surface area contributed by atoms with Crippen molar-refractivity contribution < 1.29 is 0 Å². The van der Waals surface area contributed by atoms with Crippen LogP contribution in [0.2, 0.25) is 0 Å². The lowest BCUT2D eigenvalue weighted by Crippen LogP contribution is -2.45. The SMILES string of the molecule is Cc1nc(C2(NC(C)C)CCCC(C)CC2)sc1C. The van der Waals surface area contributed by atoms with Crippen molar-refractivity contribution in [2.75, 3.05) is 0 Å². The normalized spacial score (nSPS) is 28.6. The largest absolute Gasteiger partial charge is 0.303 e. The molecule has 2 nitrogen and oxygen atoms in total. The molecule has 1 aromatic rings. The Kier molecular flexibility index (Phi) is 4.67. The molecule has 0 aliphatic heterocycles. The van der Waals surface area contributed by atoms with Gasteiger partial charge in [0, 0.05) is 10.9 Å². The van der Waals surface area contributed by atoms with Gasteiger partial charge in [0.1, 0.15) is 5.01 Å². The van der Waals surface area contributed by atoms with Crippen LogP contribution < -0.4 is 5.32 Å². The minimum absolute atomic E-state index is 0.128. The third-order valence-electron chi connectivity index (χ3n) is 4.37. The van der Waals surface area contributed by atoms with E-state index in [1.807, 2.05) is 11.3 Å². The van der Waals surface area contributed by atoms with Crippen molar-refractivity contribution in [2.24, 2.45) is 5.92 Å². The summed E-state index contributed by atoms with van der Waals surface area (Å²) in [6.45, 7) is 11.2. The Morgan fingerprint density at radius 3 is 2.58 bits per heavy atom. The predicted molar refractivity (Wildman–Crippen MR) is 83.8 cm³/mol. The van der Waals surface area contributed by atoms with Crippen LogP contribution in [0.1, 0.15) is 68.5 Å². The fourth-order valence-corrected chi connectivity index (χ4v) is 4.29. The van der Waals surface area contributed by atoms with Crippen LogP contribution >= 0.6 is 11.3 Å². The average Bonchev–Trinajstić information content (AvgIpc) is 2.55. The summed E-state index contributed by atoms with van der Waals surface area (Å²) in [4.78, 5) is 6.25. The minimum Gasteiger partial charge on any atom is -0.303 e. The van der Waals surface area contributed by atoms with E-state index < -0.39 is 0 Å². The van der Waals surface area contributed by atoms with Gasteiger partial charge in [-0.3, -0.25) is 0 Å². The molecule has 1 heterocycles. The van der Waals surface area contributed by atoms with E-state index in [9.17, 15) is 0 Å². The first kappa shape index (κ1) is 15.0. The lowest BCUT2D eigenvalue weighted by atomic mass is 9.89. The van der Waals surface area contributed by atoms with Gasteiger partial charge in [-0.2, -0.15) is 0 Å². The van der Waals surface area contributed by atoms with Gasteiger partial charge in [-0.05, 0) is 52.9 Å². The molecule has 108 valence electrons. The summed E-state index contributed by atoms with van der Waals surface area (Å²) < 4.78 is 0. The summed E-state index contributed by atoms with van der Waals surface area (Å²) in [5.74, 6) is 0.859. The predicted octanol–water partition coefficient (Wildman–Crippen LogP) is 4.55. The number of hydrogen-bond acceptors (Lipinski definition) is 3. The standard InChI is InChI=1S/C16H28N2S/c1-11(2)18-16(9-6-7-12(3)8-10-16)15-17-13(4)14(5)19-15/h11-12,18H,6-10H2,1-5H3. The molecule has 2 rings (SSSR count). The maximum Gasteiger partial charge on any atom is 0.113 e. The molecule has 1 aliphatic rings. The number of nitrogens with zero attached hydrogens (tertiary/aromatic N) is 1. The van der Waals surface area contributed by atoms with Gasteiger partial charge in [-0.1, -0.05) is 19.8 Å². The quantitative estimate of drug-likeness (QED) is 0.821. The number of aryl methyl sites for hydroxylation is 2. The second-order valence-corrected chi connectivity index (χ2v) is 7.78. The lowest BCUT2D eigenvalue weighted by molar-refractivity contribution is 0.263. The van der Waals surface area contributed by atoms with Crippen LogP contribution in [0.25, 0.3) is 0 Å². The molecule has 0 spiro atoms. The molecule has 0 amide bonds. The molecule has 0 aromatic carbocycles. The fraction of sp³-hybridized carbons (Fsp3) is 0.812. The molecule has 0 radical (unpaired) electrons. The highest BCUT2D eigenvalue weighted by Crippen LogP contribution is 2.40. The highest BCUT2D eigenvalue weighted by atomic mass is 32.1. The molecule has 1 N–H and O–H groups in total. The molecular weight excluding hydrogens is 252 g/mol. The van der Waals surface area contributed by atoms with Gasteiger partial charge >= 0.3 is 0 Å². The number of thiazole rings is 1. The molecule has 0 bridgehead atoms. The summed E-state index contributed by atoms with van der Waals surface area (Å²) in [5, 5.41) is 5.18. The second kappa shape index (κ2) is 5.92. The highest BCUT2D eigenvalue weighted by Gasteiger charge is 2.37. The van der Waals surface area contributed by atoms with Gasteiger partial charge in [0.25, 0.3) is 0 Å². The smallest absolute Gasteiger partial charge is 0.113 e. The zero-order valence-corrected chi connectivity index (χ0v) is 13.9. The lowest BCUT2D eigenvalue weighted by Gasteiger charge is -2.34. The summed E-state index contributed by atoms with van der Waals surface area (Å²) in [7, 11) is 0. The van der Waals surface area contributed by atoms with Crippen molar-refractivity contribution in [3.05, 3.63) is 15.6 Å². The Labute approximate surface area is 122 Å². The van der Waals surface area contributed by atoms with E-state index in [0.717, 1.165) is 5.92 Å². The second-order valence-electron chi connectivity index (χ2n) is 6.58. The molecule has 1 saturated carbocycles. The van der Waals surface area contributed by atoms with E-state index in [4.69, 9.17) is 4.98 Å². The molecule has 2 atom stereocenters. The molecule has 2 unspecified atom stereocenters. The number of nitrogens with one attached hydrogen (secondary N) is 1. The van der Waals surface area contributed by atoms with Gasteiger partial charge in [0.2, 0.25) is 0 Å².